The summed E-state index contributed by atoms with van der Waals surface area (Å²) in [5.41, 5.74) is 4.54. The molecular weight excluding hydrogens is 599 g/mol. The first kappa shape index (κ1) is 35.9. The minimum atomic E-state index is -1.52. The maximum absolute atomic E-state index is 13.0. The number of carbonyl (C=O) groups is 2. The summed E-state index contributed by atoms with van der Waals surface area (Å²) in [5, 5.41) is 34.6. The molecule has 2 amide bonds. The van der Waals surface area contributed by atoms with Crippen molar-refractivity contribution >= 4 is 28.7 Å². The Morgan fingerprint density at radius 1 is 1.16 bits per heavy atom. The number of fused-ring (bicyclic) bond motifs is 1. The second-order valence-corrected chi connectivity index (χ2v) is 11.2. The SMILES string of the molecule is COC1C(OC(N)=O)C(O)C(Oc2ccc3c(O)c(NC(=O)c4ccc(O)c(CC=C(C)C)c4)c(=O)oc3c2C)OC1(C)C.[Na+]. The molecule has 13 nitrogen and oxygen atoms in total. The Bertz CT molecular complexity index is 1680. The maximum Gasteiger partial charge on any atom is 1.00 e. The number of benzene rings is 2. The molecule has 1 saturated heterocycles. The zero-order valence-corrected chi connectivity index (χ0v) is 28.2. The van der Waals surface area contributed by atoms with Crippen molar-refractivity contribution in [3.63, 3.8) is 0 Å². The fraction of sp³-hybridized carbons (Fsp3) is 0.387. The Kier molecular flexibility index (Phi) is 11.3. The van der Waals surface area contributed by atoms with Gasteiger partial charge in [-0.15, -0.1) is 0 Å². The van der Waals surface area contributed by atoms with E-state index in [2.05, 4.69) is 5.32 Å². The van der Waals surface area contributed by atoms with Gasteiger partial charge in [-0.2, -0.15) is 0 Å². The van der Waals surface area contributed by atoms with E-state index in [1.54, 1.807) is 20.8 Å². The molecule has 6 N–H and O–H groups in total. The van der Waals surface area contributed by atoms with E-state index in [1.165, 1.54) is 37.4 Å². The van der Waals surface area contributed by atoms with E-state index >= 15 is 0 Å². The molecule has 1 fully saturated rings. The van der Waals surface area contributed by atoms with E-state index < -0.39 is 59.3 Å². The third-order valence-corrected chi connectivity index (χ3v) is 7.33. The normalized spacial score (nSPS) is 20.5. The first-order valence-corrected chi connectivity index (χ1v) is 13.7. The van der Waals surface area contributed by atoms with Gasteiger partial charge < -0.3 is 49.7 Å². The van der Waals surface area contributed by atoms with E-state index in [9.17, 15) is 29.7 Å². The largest absolute Gasteiger partial charge is 1.00 e. The number of phenols is 1. The molecule has 14 heteroatoms. The van der Waals surface area contributed by atoms with Gasteiger partial charge in [0.15, 0.2) is 23.6 Å². The number of anilines is 1. The second kappa shape index (κ2) is 14.2. The third kappa shape index (κ3) is 7.63. The first-order valence-electron chi connectivity index (χ1n) is 13.7. The van der Waals surface area contributed by atoms with Gasteiger partial charge in [-0.1, -0.05) is 11.6 Å². The molecule has 3 aromatic rings. The predicted octanol–water partition coefficient (Wildman–Crippen LogP) is 0.631. The van der Waals surface area contributed by atoms with Gasteiger partial charge in [-0.05, 0) is 76.9 Å². The van der Waals surface area contributed by atoms with Crippen LogP contribution < -0.4 is 51.0 Å². The van der Waals surface area contributed by atoms with Gasteiger partial charge >= 0.3 is 41.3 Å². The Morgan fingerprint density at radius 3 is 2.47 bits per heavy atom. The summed E-state index contributed by atoms with van der Waals surface area (Å²) < 4.78 is 27.9. The van der Waals surface area contributed by atoms with Gasteiger partial charge in [-0.3, -0.25) is 4.79 Å². The van der Waals surface area contributed by atoms with E-state index in [0.29, 0.717) is 12.0 Å². The van der Waals surface area contributed by atoms with Crippen LogP contribution in [0.4, 0.5) is 10.5 Å². The van der Waals surface area contributed by atoms with Crippen LogP contribution in [-0.2, 0) is 20.6 Å². The summed E-state index contributed by atoms with van der Waals surface area (Å²) in [4.78, 5) is 37.5. The molecule has 0 spiro atoms. The summed E-state index contributed by atoms with van der Waals surface area (Å²) in [5.74, 6) is -1.09. The average Bonchev–Trinajstić information content (AvgIpc) is 2.94. The molecule has 4 unspecified atom stereocenters. The summed E-state index contributed by atoms with van der Waals surface area (Å²) in [6.07, 6.45) is -3.81. The van der Waals surface area contributed by atoms with Crippen molar-refractivity contribution in [2.24, 2.45) is 5.73 Å². The minimum absolute atomic E-state index is 0. The zero-order valence-electron chi connectivity index (χ0n) is 26.2. The summed E-state index contributed by atoms with van der Waals surface area (Å²) in [7, 11) is 1.37. The van der Waals surface area contributed by atoms with Crippen molar-refractivity contribution in [1.29, 1.82) is 0 Å². The monoisotopic (exact) mass is 635 g/mol. The van der Waals surface area contributed by atoms with Gasteiger partial charge in [0.25, 0.3) is 5.91 Å². The van der Waals surface area contributed by atoms with Crippen LogP contribution in [0.2, 0.25) is 0 Å². The van der Waals surface area contributed by atoms with Gasteiger partial charge in [0, 0.05) is 18.2 Å². The molecule has 4 rings (SSSR count). The molecule has 4 atom stereocenters. The van der Waals surface area contributed by atoms with E-state index in [-0.39, 0.29) is 63.2 Å². The molecule has 1 aromatic heterocycles. The number of carbonyl (C=O) groups excluding carboxylic acids is 2. The van der Waals surface area contributed by atoms with Crippen LogP contribution >= 0.6 is 0 Å². The number of rotatable bonds is 8. The molecular formula is C31H36N2NaO11+. The molecule has 1 aliphatic heterocycles. The van der Waals surface area contributed by atoms with Crippen molar-refractivity contribution in [3.05, 3.63) is 69.1 Å². The van der Waals surface area contributed by atoms with Gasteiger partial charge in [0.2, 0.25) is 6.29 Å². The first-order chi connectivity index (χ1) is 20.6. The van der Waals surface area contributed by atoms with Crippen molar-refractivity contribution in [1.82, 2.24) is 0 Å². The van der Waals surface area contributed by atoms with E-state index in [4.69, 9.17) is 29.1 Å². The number of hydrogen-bond acceptors (Lipinski definition) is 11. The number of methoxy groups -OCH3 is 1. The summed E-state index contributed by atoms with van der Waals surface area (Å²) in [6.45, 7) is 8.69. The van der Waals surface area contributed by atoms with Crippen LogP contribution in [0.1, 0.15) is 49.2 Å². The molecule has 0 radical (unpaired) electrons. The number of phenolic OH excluding ortho intramolecular Hbond substituents is 1. The van der Waals surface area contributed by atoms with Crippen molar-refractivity contribution in [2.75, 3.05) is 12.4 Å². The third-order valence-electron chi connectivity index (χ3n) is 7.33. The van der Waals surface area contributed by atoms with Gasteiger partial charge in [-0.25, -0.2) is 9.59 Å². The number of aromatic hydroxyl groups is 2. The van der Waals surface area contributed by atoms with E-state index in [0.717, 1.165) is 5.57 Å². The van der Waals surface area contributed by atoms with Gasteiger partial charge in [0.05, 0.1) is 11.0 Å². The van der Waals surface area contributed by atoms with Gasteiger partial charge in [0.1, 0.15) is 23.2 Å². The molecule has 236 valence electrons. The fourth-order valence-corrected chi connectivity index (χ4v) is 5.06. The molecule has 2 aromatic carbocycles. The summed E-state index contributed by atoms with van der Waals surface area (Å²) in [6, 6.07) is 7.12. The topological polar surface area (TPSA) is 200 Å². The smallest absolute Gasteiger partial charge is 0.508 e. The predicted molar refractivity (Wildman–Crippen MR) is 159 cm³/mol. The number of ether oxygens (including phenoxy) is 4. The minimum Gasteiger partial charge on any atom is -0.508 e. The Hall–Kier alpha value is -3.59. The van der Waals surface area contributed by atoms with Crippen LogP contribution in [0, 0.1) is 6.92 Å². The Morgan fingerprint density at radius 2 is 1.84 bits per heavy atom. The maximum atomic E-state index is 13.0. The zero-order chi connectivity index (χ0) is 32.5. The quantitative estimate of drug-likeness (QED) is 0.132. The van der Waals surface area contributed by atoms with Crippen LogP contribution in [0.5, 0.6) is 17.2 Å². The number of nitrogens with one attached hydrogen (secondary N) is 1. The van der Waals surface area contributed by atoms with Crippen LogP contribution in [0.25, 0.3) is 11.0 Å². The van der Waals surface area contributed by atoms with Crippen LogP contribution in [0.3, 0.4) is 0 Å². The van der Waals surface area contributed by atoms with Crippen molar-refractivity contribution in [2.45, 2.75) is 71.2 Å². The molecule has 0 aliphatic carbocycles. The number of aliphatic hydroxyl groups excluding tert-OH is 1. The number of primary amides is 1. The van der Waals surface area contributed by atoms with E-state index in [1.807, 2.05) is 19.9 Å². The number of amides is 2. The number of aryl methyl sites for hydroxylation is 1. The van der Waals surface area contributed by atoms with Crippen LogP contribution in [-0.4, -0.2) is 64.6 Å². The molecule has 0 saturated carbocycles. The molecule has 1 aliphatic rings. The standard InChI is InChI=1S/C31H36N2O11.Na/c1-14(2)7-8-16-13-17(9-11-19(16)34)27(37)33-21-22(35)18-10-12-20(15(3)24(18)42-28(21)38)41-29-23(36)25(43-30(32)39)26(40-6)31(4,5)44-29;/h7,9-13,23,25-26,29,34-36H,8H2,1-6H3,(H2,32,39)(H,33,37);/q;+1. The number of aliphatic hydroxyl groups is 1. The Balaban J connectivity index is 0.00000552. The fourth-order valence-electron chi connectivity index (χ4n) is 5.06. The molecule has 45 heavy (non-hydrogen) atoms. The molecule has 2 heterocycles. The molecule has 0 bridgehead atoms. The van der Waals surface area contributed by atoms with Crippen LogP contribution in [0.15, 0.2) is 51.2 Å². The average molecular weight is 636 g/mol. The number of nitrogens with two attached hydrogens (primary N) is 1. The number of allylic oxidation sites excluding steroid dienone is 2. The number of hydrogen-bond donors (Lipinski definition) is 5. The van der Waals surface area contributed by atoms with Crippen molar-refractivity contribution < 1.29 is 77.8 Å². The summed E-state index contributed by atoms with van der Waals surface area (Å²) >= 11 is 0. The van der Waals surface area contributed by atoms with Crippen molar-refractivity contribution in [3.8, 4) is 17.2 Å². The second-order valence-electron chi connectivity index (χ2n) is 11.2. The Labute approximate surface area is 281 Å².